The highest BCUT2D eigenvalue weighted by Crippen LogP contribution is 2.41. The van der Waals surface area contributed by atoms with Gasteiger partial charge in [0.1, 0.15) is 5.54 Å². The summed E-state index contributed by atoms with van der Waals surface area (Å²) in [6, 6.07) is 0. The summed E-state index contributed by atoms with van der Waals surface area (Å²) in [6.07, 6.45) is 6.06. The Hall–Kier alpha value is -0.650. The number of ether oxygens (including phenoxy) is 2. The van der Waals surface area contributed by atoms with Crippen LogP contribution in [0.4, 0.5) is 0 Å². The fourth-order valence-corrected chi connectivity index (χ4v) is 3.50. The summed E-state index contributed by atoms with van der Waals surface area (Å²) in [5.74, 6) is 0.280. The first kappa shape index (κ1) is 16.7. The van der Waals surface area contributed by atoms with E-state index >= 15 is 0 Å². The van der Waals surface area contributed by atoms with Gasteiger partial charge in [-0.15, -0.1) is 0 Å². The third-order valence-corrected chi connectivity index (χ3v) is 4.62. The lowest BCUT2D eigenvalue weighted by molar-refractivity contribution is -0.151. The van der Waals surface area contributed by atoms with Crippen molar-refractivity contribution in [2.24, 2.45) is 5.92 Å². The standard InChI is InChI=1S/C16H30N2O3/c1-4-17-16(13-8-9-13,15(19)20-3)12-18(2)11-14-7-5-6-10-21-14/h13-14,17H,4-12H2,1-3H3. The Bertz CT molecular complexity index is 340. The van der Waals surface area contributed by atoms with Crippen LogP contribution in [0.3, 0.4) is 0 Å². The molecule has 0 radical (unpaired) electrons. The molecule has 0 aromatic heterocycles. The number of hydrogen-bond acceptors (Lipinski definition) is 5. The van der Waals surface area contributed by atoms with Crippen LogP contribution in [0.15, 0.2) is 0 Å². The molecular formula is C16H30N2O3. The molecule has 5 nitrogen and oxygen atoms in total. The maximum absolute atomic E-state index is 12.4. The van der Waals surface area contributed by atoms with Crippen molar-refractivity contribution in [2.45, 2.75) is 50.7 Å². The molecule has 0 amide bonds. The summed E-state index contributed by atoms with van der Waals surface area (Å²) in [7, 11) is 3.57. The number of methoxy groups -OCH3 is 1. The van der Waals surface area contributed by atoms with Gasteiger partial charge in [-0.3, -0.25) is 0 Å². The van der Waals surface area contributed by atoms with Crippen molar-refractivity contribution in [3.8, 4) is 0 Å². The van der Waals surface area contributed by atoms with E-state index in [1.165, 1.54) is 20.0 Å². The predicted molar refractivity (Wildman–Crippen MR) is 82.2 cm³/mol. The van der Waals surface area contributed by atoms with Crippen LogP contribution in [-0.4, -0.2) is 62.9 Å². The molecule has 0 spiro atoms. The molecule has 2 atom stereocenters. The van der Waals surface area contributed by atoms with E-state index in [1.54, 1.807) is 0 Å². The summed E-state index contributed by atoms with van der Waals surface area (Å²) < 4.78 is 10.9. The molecule has 0 aromatic carbocycles. The summed E-state index contributed by atoms with van der Waals surface area (Å²) in [4.78, 5) is 14.6. The zero-order chi connectivity index (χ0) is 15.3. The molecule has 0 bridgehead atoms. The van der Waals surface area contributed by atoms with Gasteiger partial charge in [-0.2, -0.15) is 0 Å². The summed E-state index contributed by atoms with van der Waals surface area (Å²) in [5.41, 5.74) is -0.549. The van der Waals surface area contributed by atoms with E-state index in [-0.39, 0.29) is 5.97 Å². The smallest absolute Gasteiger partial charge is 0.327 e. The average Bonchev–Trinajstić information content (AvgIpc) is 3.31. The van der Waals surface area contributed by atoms with Gasteiger partial charge >= 0.3 is 5.97 Å². The van der Waals surface area contributed by atoms with E-state index in [0.29, 0.717) is 18.6 Å². The first-order valence-electron chi connectivity index (χ1n) is 8.26. The van der Waals surface area contributed by atoms with Gasteiger partial charge in [0.05, 0.1) is 13.2 Å². The van der Waals surface area contributed by atoms with E-state index in [0.717, 1.165) is 39.0 Å². The van der Waals surface area contributed by atoms with Gasteiger partial charge in [0.15, 0.2) is 0 Å². The van der Waals surface area contributed by atoms with Gasteiger partial charge in [0.25, 0.3) is 0 Å². The van der Waals surface area contributed by atoms with Gasteiger partial charge in [-0.05, 0) is 51.6 Å². The monoisotopic (exact) mass is 298 g/mol. The highest BCUT2D eigenvalue weighted by Gasteiger charge is 2.52. The molecule has 2 aliphatic rings. The Balaban J connectivity index is 1.97. The lowest BCUT2D eigenvalue weighted by atomic mass is 9.92. The molecule has 1 aliphatic carbocycles. The molecule has 2 unspecified atom stereocenters. The fourth-order valence-electron chi connectivity index (χ4n) is 3.50. The van der Waals surface area contributed by atoms with E-state index in [4.69, 9.17) is 9.47 Å². The Morgan fingerprint density at radius 1 is 1.38 bits per heavy atom. The van der Waals surface area contributed by atoms with E-state index in [1.807, 2.05) is 6.92 Å². The first-order valence-corrected chi connectivity index (χ1v) is 8.26. The number of carbonyl (C=O) groups is 1. The van der Waals surface area contributed by atoms with Crippen LogP contribution < -0.4 is 5.32 Å². The highest BCUT2D eigenvalue weighted by atomic mass is 16.5. The molecule has 5 heteroatoms. The van der Waals surface area contributed by atoms with Crippen molar-refractivity contribution in [1.29, 1.82) is 0 Å². The zero-order valence-electron chi connectivity index (χ0n) is 13.7. The normalized spacial score (nSPS) is 25.6. The summed E-state index contributed by atoms with van der Waals surface area (Å²) >= 11 is 0. The maximum atomic E-state index is 12.4. The van der Waals surface area contributed by atoms with Crippen molar-refractivity contribution >= 4 is 5.97 Å². The van der Waals surface area contributed by atoms with Crippen LogP contribution in [0.5, 0.6) is 0 Å². The molecule has 122 valence electrons. The van der Waals surface area contributed by atoms with Crippen molar-refractivity contribution in [1.82, 2.24) is 10.2 Å². The SMILES string of the molecule is CCNC(CN(C)CC1CCCCO1)(C(=O)OC)C1CC1. The Kier molecular flexibility index (Phi) is 6.02. The van der Waals surface area contributed by atoms with Crippen molar-refractivity contribution < 1.29 is 14.3 Å². The second-order valence-electron chi connectivity index (χ2n) is 6.45. The average molecular weight is 298 g/mol. The maximum Gasteiger partial charge on any atom is 0.327 e. The van der Waals surface area contributed by atoms with Gasteiger partial charge in [0.2, 0.25) is 0 Å². The lowest BCUT2D eigenvalue weighted by Gasteiger charge is -2.37. The minimum Gasteiger partial charge on any atom is -0.468 e. The zero-order valence-corrected chi connectivity index (χ0v) is 13.7. The van der Waals surface area contributed by atoms with E-state index in [2.05, 4.69) is 17.3 Å². The van der Waals surface area contributed by atoms with Crippen LogP contribution in [0, 0.1) is 5.92 Å². The van der Waals surface area contributed by atoms with Crippen molar-refractivity contribution in [2.75, 3.05) is 40.4 Å². The van der Waals surface area contributed by atoms with Gasteiger partial charge in [-0.1, -0.05) is 6.92 Å². The Morgan fingerprint density at radius 2 is 2.14 bits per heavy atom. The highest BCUT2D eigenvalue weighted by molar-refractivity contribution is 5.82. The molecule has 2 fully saturated rings. The quantitative estimate of drug-likeness (QED) is 0.687. The molecule has 1 N–H and O–H groups in total. The number of carbonyl (C=O) groups excluding carboxylic acids is 1. The number of nitrogens with zero attached hydrogens (tertiary/aromatic N) is 1. The number of esters is 1. The molecule has 1 saturated heterocycles. The predicted octanol–water partition coefficient (Wildman–Crippen LogP) is 1.42. The fraction of sp³-hybridized carbons (Fsp3) is 0.938. The van der Waals surface area contributed by atoms with Gasteiger partial charge in [0, 0.05) is 19.7 Å². The Morgan fingerprint density at radius 3 is 2.67 bits per heavy atom. The number of likely N-dealkylation sites (N-methyl/N-ethyl adjacent to an activating group) is 2. The van der Waals surface area contributed by atoms with Crippen LogP contribution in [0.1, 0.15) is 39.0 Å². The van der Waals surface area contributed by atoms with Crippen LogP contribution in [-0.2, 0) is 14.3 Å². The van der Waals surface area contributed by atoms with Crippen LogP contribution in [0.25, 0.3) is 0 Å². The molecule has 1 aliphatic heterocycles. The minimum atomic E-state index is -0.549. The largest absolute Gasteiger partial charge is 0.468 e. The molecule has 2 rings (SSSR count). The van der Waals surface area contributed by atoms with Gasteiger partial charge in [-0.25, -0.2) is 4.79 Å². The number of rotatable bonds is 8. The summed E-state index contributed by atoms with van der Waals surface area (Å²) in [5, 5.41) is 3.42. The molecule has 1 saturated carbocycles. The number of nitrogens with one attached hydrogen (secondary N) is 1. The topological polar surface area (TPSA) is 50.8 Å². The third kappa shape index (κ3) is 4.18. The Labute approximate surface area is 128 Å². The van der Waals surface area contributed by atoms with Crippen molar-refractivity contribution in [3.05, 3.63) is 0 Å². The summed E-state index contributed by atoms with van der Waals surface area (Å²) in [6.45, 7) is 5.27. The minimum absolute atomic E-state index is 0.122. The lowest BCUT2D eigenvalue weighted by Crippen LogP contribution is -2.61. The van der Waals surface area contributed by atoms with Crippen LogP contribution >= 0.6 is 0 Å². The molecule has 1 heterocycles. The first-order chi connectivity index (χ1) is 10.1. The van der Waals surface area contributed by atoms with Crippen molar-refractivity contribution in [3.63, 3.8) is 0 Å². The van der Waals surface area contributed by atoms with Crippen LogP contribution in [0.2, 0.25) is 0 Å². The molecule has 0 aromatic rings. The van der Waals surface area contributed by atoms with E-state index in [9.17, 15) is 4.79 Å². The second kappa shape index (κ2) is 7.56. The molecular weight excluding hydrogens is 268 g/mol. The number of hydrogen-bond donors (Lipinski definition) is 1. The molecule has 21 heavy (non-hydrogen) atoms. The third-order valence-electron chi connectivity index (χ3n) is 4.62. The van der Waals surface area contributed by atoms with E-state index < -0.39 is 5.54 Å². The second-order valence-corrected chi connectivity index (χ2v) is 6.45. The van der Waals surface area contributed by atoms with Gasteiger partial charge < -0.3 is 19.7 Å².